The zero-order chi connectivity index (χ0) is 26.1. The zero-order valence-electron chi connectivity index (χ0n) is 23.6. The number of amides is 2. The van der Waals surface area contributed by atoms with E-state index in [-0.39, 0.29) is 40.6 Å². The number of hydrogen-bond donors (Lipinski definition) is 3. The van der Waals surface area contributed by atoms with Gasteiger partial charge in [-0.2, -0.15) is 0 Å². The van der Waals surface area contributed by atoms with Gasteiger partial charge in [0.1, 0.15) is 0 Å². The molecule has 6 nitrogen and oxygen atoms in total. The van der Waals surface area contributed by atoms with E-state index < -0.39 is 6.10 Å². The van der Waals surface area contributed by atoms with Crippen LogP contribution in [0.3, 0.4) is 0 Å². The molecule has 6 fully saturated rings. The summed E-state index contributed by atoms with van der Waals surface area (Å²) >= 11 is 0. The molecule has 0 aromatic heterocycles. The molecule has 1 saturated heterocycles. The standard InChI is InChI=1S/C30H50N2O4/c1-17-14-18(15-31-25(35)32(6)7)36-23-22(17)27(4)12-13-30-16-29(30)11-10-21(33)26(2,3)19(29)8-9-20(30)28(27,5)24(23)34/h17-24,33-34H,8-16H2,1-7H3,(H,31,35)/t17-,18?,19?,20?,21+,22+,23?,24+,27-,28-,29-,30?/m1/s1. The van der Waals surface area contributed by atoms with Gasteiger partial charge in [-0.3, -0.25) is 0 Å². The average molecular weight is 503 g/mol. The van der Waals surface area contributed by atoms with Crippen LogP contribution in [0.4, 0.5) is 4.79 Å². The Morgan fingerprint density at radius 1 is 1.00 bits per heavy atom. The highest BCUT2D eigenvalue weighted by Gasteiger charge is 2.84. The summed E-state index contributed by atoms with van der Waals surface area (Å²) in [6.07, 6.45) is 8.25. The molecule has 1 aliphatic heterocycles. The van der Waals surface area contributed by atoms with E-state index >= 15 is 0 Å². The maximum Gasteiger partial charge on any atom is 0.316 e. The van der Waals surface area contributed by atoms with Crippen molar-refractivity contribution in [1.29, 1.82) is 0 Å². The Morgan fingerprint density at radius 3 is 2.36 bits per heavy atom. The van der Waals surface area contributed by atoms with E-state index in [0.717, 1.165) is 19.3 Å². The maximum atomic E-state index is 12.2. The minimum atomic E-state index is -0.471. The van der Waals surface area contributed by atoms with Crippen LogP contribution in [0.15, 0.2) is 0 Å². The van der Waals surface area contributed by atoms with Gasteiger partial charge in [0, 0.05) is 26.1 Å². The Morgan fingerprint density at radius 2 is 1.67 bits per heavy atom. The summed E-state index contributed by atoms with van der Waals surface area (Å²) in [6, 6.07) is -0.0915. The van der Waals surface area contributed by atoms with E-state index in [1.165, 1.54) is 32.1 Å². The van der Waals surface area contributed by atoms with Gasteiger partial charge in [0.25, 0.3) is 0 Å². The molecule has 5 aliphatic carbocycles. The van der Waals surface area contributed by atoms with Crippen molar-refractivity contribution in [3.63, 3.8) is 0 Å². The van der Waals surface area contributed by atoms with Crippen molar-refractivity contribution in [2.45, 2.75) is 110 Å². The Bertz CT molecular complexity index is 938. The van der Waals surface area contributed by atoms with Gasteiger partial charge < -0.3 is 25.2 Å². The molecular weight excluding hydrogens is 452 g/mol. The summed E-state index contributed by atoms with van der Waals surface area (Å²) in [4.78, 5) is 13.7. The fourth-order valence-electron chi connectivity index (χ4n) is 11.9. The van der Waals surface area contributed by atoms with E-state index in [9.17, 15) is 15.0 Å². The smallest absolute Gasteiger partial charge is 0.316 e. The summed E-state index contributed by atoms with van der Waals surface area (Å²) in [6.45, 7) is 12.4. The predicted octanol–water partition coefficient (Wildman–Crippen LogP) is 4.43. The van der Waals surface area contributed by atoms with Crippen molar-refractivity contribution in [3.05, 3.63) is 0 Å². The van der Waals surface area contributed by atoms with Gasteiger partial charge in [0.05, 0.1) is 24.4 Å². The van der Waals surface area contributed by atoms with Crippen LogP contribution < -0.4 is 5.32 Å². The fraction of sp³-hybridized carbons (Fsp3) is 0.967. The lowest BCUT2D eigenvalue weighted by molar-refractivity contribution is -0.182. The second-order valence-corrected chi connectivity index (χ2v) is 15.2. The summed E-state index contributed by atoms with van der Waals surface area (Å²) < 4.78 is 6.71. The number of nitrogens with one attached hydrogen (secondary N) is 1. The Balaban J connectivity index is 1.30. The van der Waals surface area contributed by atoms with Crippen molar-refractivity contribution in [2.75, 3.05) is 20.6 Å². The summed E-state index contributed by atoms with van der Waals surface area (Å²) in [5.41, 5.74) is 0.578. The largest absolute Gasteiger partial charge is 0.393 e. The highest BCUT2D eigenvalue weighted by Crippen LogP contribution is 2.89. The molecule has 2 amide bonds. The first-order valence-corrected chi connectivity index (χ1v) is 14.7. The van der Waals surface area contributed by atoms with E-state index in [1.54, 1.807) is 19.0 Å². The van der Waals surface area contributed by atoms with E-state index in [2.05, 4.69) is 39.9 Å². The third-order valence-electron chi connectivity index (χ3n) is 13.7. The SMILES string of the molecule is C[C@@H]1CC(CNC(=O)N(C)C)OC2[C@H]1[C@@]1(C)CCC34C[C@@]35CC[C@H](O)C(C)(C)C5CCC4[C@]1(C)[C@H]2O. The molecule has 5 saturated carbocycles. The zero-order valence-corrected chi connectivity index (χ0v) is 23.6. The van der Waals surface area contributed by atoms with Crippen LogP contribution in [-0.4, -0.2) is 66.2 Å². The molecule has 0 bridgehead atoms. The number of ether oxygens (including phenoxy) is 1. The minimum Gasteiger partial charge on any atom is -0.393 e. The molecule has 204 valence electrons. The molecule has 12 atom stereocenters. The molecule has 2 spiro atoms. The predicted molar refractivity (Wildman–Crippen MR) is 139 cm³/mol. The molecule has 0 aromatic rings. The second kappa shape index (κ2) is 7.63. The monoisotopic (exact) mass is 502 g/mol. The number of hydrogen-bond acceptors (Lipinski definition) is 4. The van der Waals surface area contributed by atoms with E-state index in [0.29, 0.717) is 41.0 Å². The van der Waals surface area contributed by atoms with Crippen LogP contribution >= 0.6 is 0 Å². The topological polar surface area (TPSA) is 82.0 Å². The molecular formula is C30H50N2O4. The van der Waals surface area contributed by atoms with Crippen molar-refractivity contribution in [2.24, 2.45) is 50.7 Å². The molecule has 5 unspecified atom stereocenters. The average Bonchev–Trinajstić information content (AvgIpc) is 3.45. The number of carbonyl (C=O) groups is 1. The summed E-state index contributed by atoms with van der Waals surface area (Å²) in [5, 5.41) is 26.1. The minimum absolute atomic E-state index is 0.0154. The van der Waals surface area contributed by atoms with Gasteiger partial charge in [-0.25, -0.2) is 4.79 Å². The molecule has 6 heteroatoms. The first-order valence-electron chi connectivity index (χ1n) is 14.7. The number of aliphatic hydroxyl groups excluding tert-OH is 2. The lowest BCUT2D eigenvalue weighted by Gasteiger charge is -2.63. The van der Waals surface area contributed by atoms with Crippen LogP contribution in [0.1, 0.15) is 86.0 Å². The molecule has 3 N–H and O–H groups in total. The highest BCUT2D eigenvalue weighted by molar-refractivity contribution is 5.73. The maximum absolute atomic E-state index is 12.2. The van der Waals surface area contributed by atoms with Gasteiger partial charge >= 0.3 is 6.03 Å². The number of urea groups is 1. The summed E-state index contributed by atoms with van der Waals surface area (Å²) in [7, 11) is 3.51. The van der Waals surface area contributed by atoms with Gasteiger partial charge in [-0.15, -0.1) is 0 Å². The Labute approximate surface area is 217 Å². The quantitative estimate of drug-likeness (QED) is 0.522. The van der Waals surface area contributed by atoms with Crippen LogP contribution in [-0.2, 0) is 4.74 Å². The number of nitrogens with zero attached hydrogens (tertiary/aromatic N) is 1. The first-order chi connectivity index (χ1) is 16.8. The van der Waals surface area contributed by atoms with Crippen LogP contribution in [0.5, 0.6) is 0 Å². The van der Waals surface area contributed by atoms with Gasteiger partial charge in [0.15, 0.2) is 0 Å². The number of aliphatic hydroxyl groups is 2. The molecule has 6 aliphatic rings. The van der Waals surface area contributed by atoms with Crippen molar-refractivity contribution in [1.82, 2.24) is 10.2 Å². The Kier molecular flexibility index (Phi) is 5.39. The summed E-state index contributed by atoms with van der Waals surface area (Å²) in [5.74, 6) is 1.93. The molecule has 0 aromatic carbocycles. The molecule has 6 rings (SSSR count). The normalized spacial score (nSPS) is 56.4. The van der Waals surface area contributed by atoms with Crippen LogP contribution in [0, 0.1) is 50.7 Å². The first kappa shape index (κ1) is 25.4. The van der Waals surface area contributed by atoms with E-state index in [4.69, 9.17) is 4.74 Å². The lowest BCUT2D eigenvalue weighted by Crippen LogP contribution is -2.59. The van der Waals surface area contributed by atoms with Gasteiger partial charge in [-0.05, 0) is 96.7 Å². The molecule has 0 radical (unpaired) electrons. The Hall–Kier alpha value is -0.850. The van der Waals surface area contributed by atoms with Crippen molar-refractivity contribution in [3.8, 4) is 0 Å². The fourth-order valence-corrected chi connectivity index (χ4v) is 11.9. The lowest BCUT2D eigenvalue weighted by atomic mass is 9.41. The van der Waals surface area contributed by atoms with Crippen molar-refractivity contribution < 1.29 is 19.7 Å². The number of rotatable bonds is 2. The number of carbonyl (C=O) groups excluding carboxylic acids is 1. The highest BCUT2D eigenvalue weighted by atomic mass is 16.5. The third-order valence-corrected chi connectivity index (χ3v) is 13.7. The van der Waals surface area contributed by atoms with Gasteiger partial charge in [0.2, 0.25) is 0 Å². The van der Waals surface area contributed by atoms with E-state index in [1.807, 2.05) is 0 Å². The van der Waals surface area contributed by atoms with Crippen molar-refractivity contribution >= 4 is 6.03 Å². The van der Waals surface area contributed by atoms with Crippen LogP contribution in [0.2, 0.25) is 0 Å². The van der Waals surface area contributed by atoms with Gasteiger partial charge in [-0.1, -0.05) is 34.6 Å². The van der Waals surface area contributed by atoms with Crippen LogP contribution in [0.25, 0.3) is 0 Å². The third kappa shape index (κ3) is 2.82. The second-order valence-electron chi connectivity index (χ2n) is 15.2. The number of fused-ring (bicyclic) bond motifs is 4. The molecule has 1 heterocycles. The molecule has 36 heavy (non-hydrogen) atoms.